The molecule has 2 heterocycles. The van der Waals surface area contributed by atoms with Gasteiger partial charge in [0.15, 0.2) is 0 Å². The Morgan fingerprint density at radius 3 is 2.55 bits per heavy atom. The highest BCUT2D eigenvalue weighted by Gasteiger charge is 2.35. The Labute approximate surface area is 245 Å². The number of benzene rings is 3. The summed E-state index contributed by atoms with van der Waals surface area (Å²) < 4.78 is 36.7. The smallest absolute Gasteiger partial charge is 0.410 e. The molecule has 1 aliphatic rings. The zero-order chi connectivity index (χ0) is 30.2. The molecular weight excluding hydrogens is 556 g/mol. The first-order valence-electron chi connectivity index (χ1n) is 13.9. The van der Waals surface area contributed by atoms with Crippen molar-refractivity contribution >= 4 is 49.4 Å². The van der Waals surface area contributed by atoms with E-state index >= 15 is 0 Å². The number of amides is 1. The van der Waals surface area contributed by atoms with Crippen LogP contribution in [0.25, 0.3) is 21.7 Å². The first-order valence-corrected chi connectivity index (χ1v) is 15.6. The molecule has 42 heavy (non-hydrogen) atoms. The Morgan fingerprint density at radius 1 is 1.07 bits per heavy atom. The number of carboxylic acids is 1. The molecule has 0 saturated carbocycles. The van der Waals surface area contributed by atoms with Crippen molar-refractivity contribution in [2.75, 3.05) is 17.0 Å². The molecule has 5 rings (SSSR count). The fourth-order valence-electron chi connectivity index (χ4n) is 5.57. The molecule has 1 saturated heterocycles. The van der Waals surface area contributed by atoms with E-state index in [1.807, 2.05) is 42.5 Å². The second-order valence-electron chi connectivity index (χ2n) is 11.7. The largest absolute Gasteiger partial charge is 0.477 e. The minimum absolute atomic E-state index is 0.123. The third-order valence-corrected chi connectivity index (χ3v) is 8.76. The lowest BCUT2D eigenvalue weighted by atomic mass is 10.0. The van der Waals surface area contributed by atoms with E-state index < -0.39 is 33.7 Å². The molecule has 0 spiro atoms. The van der Waals surface area contributed by atoms with Crippen molar-refractivity contribution in [2.24, 2.45) is 5.73 Å². The number of aromatic nitrogens is 1. The van der Waals surface area contributed by atoms with Crippen molar-refractivity contribution in [3.8, 4) is 0 Å². The molecular formula is C31H36N4O6S. The second kappa shape index (κ2) is 11.3. The number of hydrogen-bond acceptors (Lipinski definition) is 6. The molecule has 222 valence electrons. The average Bonchev–Trinajstić information content (AvgIpc) is 3.51. The zero-order valence-electron chi connectivity index (χ0n) is 24.0. The SMILES string of the molecule is CC(C)(C)OC(=O)N1CCCC1CS(=O)(=O)Nc1cc(Cn2c(C(=O)O)cc3ccc(CN)cc32)c2ccccc2c1. The molecule has 11 heteroatoms. The van der Waals surface area contributed by atoms with Crippen LogP contribution in [0, 0.1) is 0 Å². The van der Waals surface area contributed by atoms with E-state index in [1.54, 1.807) is 43.5 Å². The molecule has 3 aromatic carbocycles. The Balaban J connectivity index is 1.47. The Bertz CT molecular complexity index is 1770. The van der Waals surface area contributed by atoms with E-state index in [9.17, 15) is 23.1 Å². The summed E-state index contributed by atoms with van der Waals surface area (Å²) in [7, 11) is -3.86. The van der Waals surface area contributed by atoms with Crippen molar-refractivity contribution < 1.29 is 27.9 Å². The van der Waals surface area contributed by atoms with Crippen LogP contribution in [0.2, 0.25) is 0 Å². The summed E-state index contributed by atoms with van der Waals surface area (Å²) in [5.41, 5.74) is 8.01. The van der Waals surface area contributed by atoms with Gasteiger partial charge in [0.1, 0.15) is 11.3 Å². The molecule has 10 nitrogen and oxygen atoms in total. The molecule has 1 atom stereocenters. The fraction of sp³-hybridized carbons (Fsp3) is 0.355. The Hall–Kier alpha value is -4.09. The number of anilines is 1. The van der Waals surface area contributed by atoms with Crippen molar-refractivity contribution in [3.63, 3.8) is 0 Å². The summed E-state index contributed by atoms with van der Waals surface area (Å²) >= 11 is 0. The number of ether oxygens (including phenoxy) is 1. The first kappa shape index (κ1) is 29.4. The second-order valence-corrected chi connectivity index (χ2v) is 13.5. The maximum absolute atomic E-state index is 13.4. The van der Waals surface area contributed by atoms with Crippen LogP contribution in [0.5, 0.6) is 0 Å². The van der Waals surface area contributed by atoms with Crippen LogP contribution in [0.15, 0.2) is 60.7 Å². The van der Waals surface area contributed by atoms with Gasteiger partial charge in [0.25, 0.3) is 0 Å². The van der Waals surface area contributed by atoms with Crippen molar-refractivity contribution in [1.29, 1.82) is 0 Å². The number of fused-ring (bicyclic) bond motifs is 2. The van der Waals surface area contributed by atoms with E-state index in [0.717, 1.165) is 32.8 Å². The number of rotatable bonds is 8. The highest BCUT2D eigenvalue weighted by atomic mass is 32.2. The van der Waals surface area contributed by atoms with Crippen LogP contribution < -0.4 is 10.5 Å². The number of carboxylic acid groups (broad SMARTS) is 1. The van der Waals surface area contributed by atoms with Gasteiger partial charge in [-0.2, -0.15) is 0 Å². The first-order chi connectivity index (χ1) is 19.8. The number of nitrogens with one attached hydrogen (secondary N) is 1. The minimum Gasteiger partial charge on any atom is -0.477 e. The molecule has 1 fully saturated rings. The van der Waals surface area contributed by atoms with Crippen molar-refractivity contribution in [2.45, 2.75) is 58.3 Å². The quantitative estimate of drug-likeness (QED) is 0.257. The maximum Gasteiger partial charge on any atom is 0.410 e. The number of sulfonamides is 1. The standard InChI is InChI=1S/C31H36N4O6S/c1-31(2,3)41-30(38)34-12-6-8-25(34)19-42(39,40)33-24-14-21-7-4-5-9-26(21)23(15-24)18-35-27-13-20(17-32)10-11-22(27)16-28(35)29(36)37/h4-5,7,9-11,13-16,25,33H,6,8,12,17-19,32H2,1-3H3,(H,36,37). The van der Waals surface area contributed by atoms with Gasteiger partial charge in [-0.25, -0.2) is 18.0 Å². The summed E-state index contributed by atoms with van der Waals surface area (Å²) in [4.78, 5) is 26.4. The number of carbonyl (C=O) groups is 2. The molecule has 0 bridgehead atoms. The van der Waals surface area contributed by atoms with Gasteiger partial charge in [-0.15, -0.1) is 0 Å². The van der Waals surface area contributed by atoms with E-state index in [2.05, 4.69) is 4.72 Å². The lowest BCUT2D eigenvalue weighted by Crippen LogP contribution is -2.43. The summed E-state index contributed by atoms with van der Waals surface area (Å²) in [5, 5.41) is 12.4. The van der Waals surface area contributed by atoms with Gasteiger partial charge in [0, 0.05) is 36.2 Å². The molecule has 1 aromatic heterocycles. The van der Waals surface area contributed by atoms with Crippen LogP contribution in [0.4, 0.5) is 10.5 Å². The van der Waals surface area contributed by atoms with E-state index in [0.29, 0.717) is 31.6 Å². The zero-order valence-corrected chi connectivity index (χ0v) is 24.8. The predicted octanol–water partition coefficient (Wildman–Crippen LogP) is 5.14. The van der Waals surface area contributed by atoms with Gasteiger partial charge in [-0.3, -0.25) is 4.72 Å². The van der Waals surface area contributed by atoms with Gasteiger partial charge >= 0.3 is 12.1 Å². The van der Waals surface area contributed by atoms with Gasteiger partial charge in [-0.05, 0) is 79.8 Å². The fourth-order valence-corrected chi connectivity index (χ4v) is 6.98. The Morgan fingerprint density at radius 2 is 1.83 bits per heavy atom. The third-order valence-electron chi connectivity index (χ3n) is 7.39. The molecule has 0 radical (unpaired) electrons. The number of hydrogen-bond donors (Lipinski definition) is 3. The summed E-state index contributed by atoms with van der Waals surface area (Å²) in [6.07, 6.45) is 0.744. The molecule has 4 aromatic rings. The summed E-state index contributed by atoms with van der Waals surface area (Å²) in [6.45, 7) is 6.29. The van der Waals surface area contributed by atoms with Crippen LogP contribution in [0.3, 0.4) is 0 Å². The van der Waals surface area contributed by atoms with E-state index in [1.165, 1.54) is 4.90 Å². The molecule has 4 N–H and O–H groups in total. The number of nitrogens with two attached hydrogens (primary N) is 1. The van der Waals surface area contributed by atoms with Crippen molar-refractivity contribution in [3.05, 3.63) is 77.5 Å². The number of carbonyl (C=O) groups excluding carboxylic acids is 1. The topological polar surface area (TPSA) is 144 Å². The van der Waals surface area contributed by atoms with Gasteiger partial charge < -0.3 is 25.0 Å². The number of nitrogens with zero attached hydrogens (tertiary/aromatic N) is 2. The lowest BCUT2D eigenvalue weighted by molar-refractivity contribution is 0.0241. The monoisotopic (exact) mass is 592 g/mol. The van der Waals surface area contributed by atoms with Crippen LogP contribution in [-0.2, 0) is 27.8 Å². The average molecular weight is 593 g/mol. The highest BCUT2D eigenvalue weighted by Crippen LogP contribution is 2.30. The maximum atomic E-state index is 13.4. The highest BCUT2D eigenvalue weighted by molar-refractivity contribution is 7.92. The molecule has 1 aliphatic heterocycles. The van der Waals surface area contributed by atoms with Crippen molar-refractivity contribution in [1.82, 2.24) is 9.47 Å². The lowest BCUT2D eigenvalue weighted by Gasteiger charge is -2.28. The predicted molar refractivity (Wildman–Crippen MR) is 163 cm³/mol. The molecule has 0 aliphatic carbocycles. The number of aromatic carboxylic acids is 1. The number of likely N-dealkylation sites (tertiary alicyclic amines) is 1. The molecule has 1 amide bonds. The van der Waals surface area contributed by atoms with Crippen LogP contribution in [0.1, 0.15) is 55.2 Å². The minimum atomic E-state index is -3.86. The van der Waals surface area contributed by atoms with Crippen LogP contribution >= 0.6 is 0 Å². The van der Waals surface area contributed by atoms with Gasteiger partial charge in [0.2, 0.25) is 10.0 Å². The van der Waals surface area contributed by atoms with Gasteiger partial charge in [0.05, 0.1) is 11.8 Å². The molecule has 1 unspecified atom stereocenters. The summed E-state index contributed by atoms with van der Waals surface area (Å²) in [6, 6.07) is 17.8. The van der Waals surface area contributed by atoms with Crippen LogP contribution in [-0.4, -0.2) is 59.0 Å². The van der Waals surface area contributed by atoms with Gasteiger partial charge in [-0.1, -0.05) is 36.4 Å². The van der Waals surface area contributed by atoms with E-state index in [4.69, 9.17) is 10.5 Å². The Kier molecular flexibility index (Phi) is 7.91. The normalized spacial score (nSPS) is 15.8. The van der Waals surface area contributed by atoms with E-state index in [-0.39, 0.29) is 18.0 Å². The third kappa shape index (κ3) is 6.37. The summed E-state index contributed by atoms with van der Waals surface area (Å²) in [5.74, 6) is -1.32.